The highest BCUT2D eigenvalue weighted by Crippen LogP contribution is 2.34. The highest BCUT2D eigenvalue weighted by atomic mass is 35.5. The molecule has 0 spiro atoms. The van der Waals surface area contributed by atoms with Crippen molar-refractivity contribution in [2.75, 3.05) is 19.1 Å². The van der Waals surface area contributed by atoms with Gasteiger partial charge in [0.25, 0.3) is 0 Å². The van der Waals surface area contributed by atoms with Crippen LogP contribution in [0.3, 0.4) is 0 Å². The Hall–Kier alpha value is -1.71. The predicted molar refractivity (Wildman–Crippen MR) is 87.2 cm³/mol. The summed E-state index contributed by atoms with van der Waals surface area (Å²) in [5.74, 6) is 0.699. The Kier molecular flexibility index (Phi) is 5.10. The minimum Gasteiger partial charge on any atom is -0.496 e. The van der Waals surface area contributed by atoms with Crippen LogP contribution in [-0.2, 0) is 6.54 Å². The monoisotopic (exact) mass is 305 g/mol. The Balaban J connectivity index is 2.30. The molecule has 2 aromatic rings. The largest absolute Gasteiger partial charge is 0.496 e. The van der Waals surface area contributed by atoms with Gasteiger partial charge in [-0.05, 0) is 36.8 Å². The second kappa shape index (κ2) is 6.83. The van der Waals surface area contributed by atoms with Gasteiger partial charge in [0.15, 0.2) is 0 Å². The van der Waals surface area contributed by atoms with Crippen LogP contribution in [0.5, 0.6) is 5.75 Å². The summed E-state index contributed by atoms with van der Waals surface area (Å²) in [6, 6.07) is 13.5. The highest BCUT2D eigenvalue weighted by molar-refractivity contribution is 6.30. The van der Waals surface area contributed by atoms with Gasteiger partial charge in [0.1, 0.15) is 5.75 Å². The fourth-order valence-corrected chi connectivity index (χ4v) is 2.54. The topological polar surface area (TPSA) is 32.7 Å². The number of anilines is 1. The lowest BCUT2D eigenvalue weighted by molar-refractivity contribution is 0.194. The number of hydrogen-bond acceptors (Lipinski definition) is 3. The first-order valence-corrected chi connectivity index (χ1v) is 7.21. The van der Waals surface area contributed by atoms with Gasteiger partial charge in [0, 0.05) is 29.9 Å². The Morgan fingerprint density at radius 1 is 1.19 bits per heavy atom. The molecule has 2 rings (SSSR count). The van der Waals surface area contributed by atoms with Crippen LogP contribution in [0.15, 0.2) is 42.5 Å². The van der Waals surface area contributed by atoms with Crippen molar-refractivity contribution in [1.29, 1.82) is 0 Å². The van der Waals surface area contributed by atoms with Crippen molar-refractivity contribution in [3.63, 3.8) is 0 Å². The number of hydrogen-bond donors (Lipinski definition) is 1. The van der Waals surface area contributed by atoms with Gasteiger partial charge in [-0.2, -0.15) is 0 Å². The summed E-state index contributed by atoms with van der Waals surface area (Å²) >= 11 is 5.91. The number of ether oxygens (including phenoxy) is 1. The maximum absolute atomic E-state index is 10.0. The summed E-state index contributed by atoms with van der Waals surface area (Å²) in [7, 11) is 3.61. The van der Waals surface area contributed by atoms with Gasteiger partial charge in [-0.1, -0.05) is 29.8 Å². The Morgan fingerprint density at radius 2 is 1.86 bits per heavy atom. The first kappa shape index (κ1) is 15.7. The molecule has 0 aromatic heterocycles. The van der Waals surface area contributed by atoms with E-state index in [1.54, 1.807) is 14.0 Å². The number of halogens is 1. The van der Waals surface area contributed by atoms with Gasteiger partial charge in [-0.3, -0.25) is 0 Å². The molecule has 0 radical (unpaired) electrons. The molecule has 0 saturated carbocycles. The van der Waals surface area contributed by atoms with Crippen LogP contribution in [0.2, 0.25) is 5.02 Å². The zero-order valence-electron chi connectivity index (χ0n) is 12.5. The second-order valence-corrected chi connectivity index (χ2v) is 5.49. The third-order valence-corrected chi connectivity index (χ3v) is 3.68. The summed E-state index contributed by atoms with van der Waals surface area (Å²) in [4.78, 5) is 2.09. The van der Waals surface area contributed by atoms with E-state index < -0.39 is 6.10 Å². The first-order chi connectivity index (χ1) is 10.0. The number of nitrogens with zero attached hydrogens (tertiary/aromatic N) is 1. The van der Waals surface area contributed by atoms with Gasteiger partial charge in [0.05, 0.1) is 13.2 Å². The summed E-state index contributed by atoms with van der Waals surface area (Å²) in [5, 5.41) is 10.8. The Morgan fingerprint density at radius 3 is 2.43 bits per heavy atom. The molecular formula is C17H20ClNO2. The van der Waals surface area contributed by atoms with E-state index in [4.69, 9.17) is 16.3 Å². The molecule has 0 saturated heterocycles. The highest BCUT2D eigenvalue weighted by Gasteiger charge is 2.16. The molecule has 1 unspecified atom stereocenters. The third-order valence-electron chi connectivity index (χ3n) is 3.43. The van der Waals surface area contributed by atoms with Crippen LogP contribution < -0.4 is 9.64 Å². The summed E-state index contributed by atoms with van der Waals surface area (Å²) in [6.07, 6.45) is -0.594. The number of methoxy groups -OCH3 is 1. The van der Waals surface area contributed by atoms with E-state index in [0.29, 0.717) is 5.75 Å². The molecular weight excluding hydrogens is 286 g/mol. The minimum atomic E-state index is -0.594. The van der Waals surface area contributed by atoms with E-state index in [1.807, 2.05) is 49.5 Å². The zero-order valence-corrected chi connectivity index (χ0v) is 13.3. The van der Waals surface area contributed by atoms with Gasteiger partial charge in [-0.25, -0.2) is 0 Å². The molecule has 112 valence electrons. The lowest BCUT2D eigenvalue weighted by atomic mass is 10.1. The molecule has 1 atom stereocenters. The molecule has 2 aromatic carbocycles. The average molecular weight is 306 g/mol. The molecule has 21 heavy (non-hydrogen) atoms. The third kappa shape index (κ3) is 3.69. The molecule has 0 aliphatic heterocycles. The number of rotatable bonds is 5. The lowest BCUT2D eigenvalue weighted by Crippen LogP contribution is -2.19. The SMILES string of the molecule is COc1cccc(N(C)Cc2ccc(Cl)cc2)c1C(C)O. The predicted octanol–water partition coefficient (Wildman–Crippen LogP) is 4.04. The average Bonchev–Trinajstić information content (AvgIpc) is 2.48. The fraction of sp³-hybridized carbons (Fsp3) is 0.294. The van der Waals surface area contributed by atoms with Crippen LogP contribution in [0, 0.1) is 0 Å². The van der Waals surface area contributed by atoms with Crippen LogP contribution in [0.1, 0.15) is 24.2 Å². The van der Waals surface area contributed by atoms with Crippen LogP contribution in [-0.4, -0.2) is 19.3 Å². The molecule has 0 fully saturated rings. The zero-order chi connectivity index (χ0) is 15.4. The second-order valence-electron chi connectivity index (χ2n) is 5.05. The van der Waals surface area contributed by atoms with Gasteiger partial charge >= 0.3 is 0 Å². The van der Waals surface area contributed by atoms with Gasteiger partial charge < -0.3 is 14.7 Å². The Bertz CT molecular complexity index is 596. The van der Waals surface area contributed by atoms with E-state index in [2.05, 4.69) is 4.90 Å². The van der Waals surface area contributed by atoms with Crippen molar-refractivity contribution in [1.82, 2.24) is 0 Å². The van der Waals surface area contributed by atoms with E-state index in [-0.39, 0.29) is 0 Å². The summed E-state index contributed by atoms with van der Waals surface area (Å²) in [5.41, 5.74) is 2.91. The number of benzene rings is 2. The fourth-order valence-electron chi connectivity index (χ4n) is 2.41. The van der Waals surface area contributed by atoms with Crippen molar-refractivity contribution in [2.45, 2.75) is 19.6 Å². The van der Waals surface area contributed by atoms with E-state index in [9.17, 15) is 5.11 Å². The van der Waals surface area contributed by atoms with Crippen molar-refractivity contribution in [3.8, 4) is 5.75 Å². The molecule has 0 aliphatic rings. The van der Waals surface area contributed by atoms with Crippen LogP contribution >= 0.6 is 11.6 Å². The van der Waals surface area contributed by atoms with Crippen molar-refractivity contribution < 1.29 is 9.84 Å². The summed E-state index contributed by atoms with van der Waals surface area (Å²) in [6.45, 7) is 2.47. The number of aliphatic hydroxyl groups excluding tert-OH is 1. The standard InChI is InChI=1S/C17H20ClNO2/c1-12(20)17-15(5-4-6-16(17)21-3)19(2)11-13-7-9-14(18)10-8-13/h4-10,12,20H,11H2,1-3H3. The molecule has 0 bridgehead atoms. The van der Waals surface area contributed by atoms with E-state index >= 15 is 0 Å². The molecule has 1 N–H and O–H groups in total. The number of aliphatic hydroxyl groups is 1. The smallest absolute Gasteiger partial charge is 0.126 e. The summed E-state index contributed by atoms with van der Waals surface area (Å²) < 4.78 is 5.36. The lowest BCUT2D eigenvalue weighted by Gasteiger charge is -2.25. The van der Waals surface area contributed by atoms with Crippen molar-refractivity contribution >= 4 is 17.3 Å². The molecule has 4 heteroatoms. The minimum absolute atomic E-state index is 0.594. The maximum atomic E-state index is 10.0. The van der Waals surface area contributed by atoms with Crippen LogP contribution in [0.4, 0.5) is 5.69 Å². The van der Waals surface area contributed by atoms with Gasteiger partial charge in [-0.15, -0.1) is 0 Å². The van der Waals surface area contributed by atoms with E-state index in [1.165, 1.54) is 0 Å². The molecule has 0 heterocycles. The maximum Gasteiger partial charge on any atom is 0.126 e. The molecule has 3 nitrogen and oxygen atoms in total. The quantitative estimate of drug-likeness (QED) is 0.905. The van der Waals surface area contributed by atoms with Crippen molar-refractivity contribution in [3.05, 3.63) is 58.6 Å². The normalized spacial score (nSPS) is 12.0. The first-order valence-electron chi connectivity index (χ1n) is 6.83. The Labute approximate surface area is 130 Å². The molecule has 0 amide bonds. The van der Waals surface area contributed by atoms with Crippen molar-refractivity contribution in [2.24, 2.45) is 0 Å². The van der Waals surface area contributed by atoms with E-state index in [0.717, 1.165) is 28.4 Å². The van der Waals surface area contributed by atoms with Gasteiger partial charge in [0.2, 0.25) is 0 Å². The molecule has 0 aliphatic carbocycles. The van der Waals surface area contributed by atoms with Crippen LogP contribution in [0.25, 0.3) is 0 Å².